The van der Waals surface area contributed by atoms with Gasteiger partial charge in [0, 0.05) is 24.7 Å². The molecule has 1 saturated heterocycles. The van der Waals surface area contributed by atoms with Crippen LogP contribution in [0.3, 0.4) is 0 Å². The molecule has 1 aliphatic heterocycles. The van der Waals surface area contributed by atoms with E-state index >= 15 is 0 Å². The Labute approximate surface area is 120 Å². The van der Waals surface area contributed by atoms with E-state index in [0.29, 0.717) is 12.1 Å². The Morgan fingerprint density at radius 2 is 2.11 bits per heavy atom. The Balaban J connectivity index is 2.19. The number of hydrogen-bond donors (Lipinski definition) is 1. The molecule has 0 spiro atoms. The molecular formula is C16H34N2O. The van der Waals surface area contributed by atoms with Gasteiger partial charge in [-0.25, -0.2) is 0 Å². The first-order valence-electron chi connectivity index (χ1n) is 8.03. The molecule has 1 heterocycles. The van der Waals surface area contributed by atoms with Gasteiger partial charge in [-0.15, -0.1) is 0 Å². The lowest BCUT2D eigenvalue weighted by atomic mass is 10.1. The molecule has 0 saturated carbocycles. The molecule has 1 fully saturated rings. The molecule has 2 unspecified atom stereocenters. The number of nitrogens with one attached hydrogen (secondary N) is 1. The van der Waals surface area contributed by atoms with Gasteiger partial charge in [-0.2, -0.15) is 0 Å². The van der Waals surface area contributed by atoms with E-state index in [2.05, 4.69) is 44.8 Å². The van der Waals surface area contributed by atoms with Gasteiger partial charge in [-0.05, 0) is 66.5 Å². The van der Waals surface area contributed by atoms with Crippen molar-refractivity contribution in [3.8, 4) is 0 Å². The van der Waals surface area contributed by atoms with Crippen LogP contribution in [0.1, 0.15) is 60.3 Å². The molecule has 0 aromatic rings. The maximum atomic E-state index is 5.75. The molecule has 0 aliphatic carbocycles. The summed E-state index contributed by atoms with van der Waals surface area (Å²) in [6, 6.07) is 0.663. The third-order valence-electron chi connectivity index (χ3n) is 3.95. The highest BCUT2D eigenvalue weighted by atomic mass is 16.5. The second-order valence-corrected chi connectivity index (χ2v) is 6.89. The van der Waals surface area contributed by atoms with Crippen molar-refractivity contribution in [2.24, 2.45) is 0 Å². The zero-order chi connectivity index (χ0) is 14.3. The summed E-state index contributed by atoms with van der Waals surface area (Å²) in [5.41, 5.74) is 0.241. The van der Waals surface area contributed by atoms with Gasteiger partial charge in [-0.3, -0.25) is 4.90 Å². The zero-order valence-corrected chi connectivity index (χ0v) is 13.7. The van der Waals surface area contributed by atoms with Gasteiger partial charge in [0.25, 0.3) is 0 Å². The quantitative estimate of drug-likeness (QED) is 0.686. The first kappa shape index (κ1) is 16.9. The van der Waals surface area contributed by atoms with Crippen LogP contribution in [0.2, 0.25) is 0 Å². The van der Waals surface area contributed by atoms with Crippen LogP contribution in [0.25, 0.3) is 0 Å². The van der Waals surface area contributed by atoms with Gasteiger partial charge in [0.1, 0.15) is 0 Å². The smallest absolute Gasteiger partial charge is 0.0702 e. The SMILES string of the molecule is CCN(CC1CCCO1)C(C)CCCNC(C)(C)C. The minimum atomic E-state index is 0.241. The normalized spacial score (nSPS) is 22.1. The van der Waals surface area contributed by atoms with Gasteiger partial charge < -0.3 is 10.1 Å². The Morgan fingerprint density at radius 3 is 2.63 bits per heavy atom. The Kier molecular flexibility index (Phi) is 7.33. The largest absolute Gasteiger partial charge is 0.377 e. The fraction of sp³-hybridized carbons (Fsp3) is 1.00. The monoisotopic (exact) mass is 270 g/mol. The molecule has 0 radical (unpaired) electrons. The highest BCUT2D eigenvalue weighted by molar-refractivity contribution is 4.75. The summed E-state index contributed by atoms with van der Waals surface area (Å²) in [5.74, 6) is 0. The van der Waals surface area contributed by atoms with Crippen LogP contribution in [0, 0.1) is 0 Å². The van der Waals surface area contributed by atoms with E-state index in [-0.39, 0.29) is 5.54 Å². The average Bonchev–Trinajstić information content (AvgIpc) is 2.83. The molecule has 19 heavy (non-hydrogen) atoms. The second-order valence-electron chi connectivity index (χ2n) is 6.89. The fourth-order valence-corrected chi connectivity index (χ4v) is 2.71. The standard InChI is InChI=1S/C16H34N2O/c1-6-18(13-15-10-8-12-19-15)14(2)9-7-11-17-16(3,4)5/h14-15,17H,6-13H2,1-5H3. The molecule has 1 aliphatic rings. The summed E-state index contributed by atoms with van der Waals surface area (Å²) < 4.78 is 5.75. The predicted octanol–water partition coefficient (Wildman–Crippen LogP) is 3.04. The van der Waals surface area contributed by atoms with E-state index in [0.717, 1.165) is 26.2 Å². The summed E-state index contributed by atoms with van der Waals surface area (Å²) in [7, 11) is 0. The Hall–Kier alpha value is -0.120. The number of ether oxygens (including phenoxy) is 1. The Bertz CT molecular complexity index is 231. The molecule has 3 nitrogen and oxygen atoms in total. The van der Waals surface area contributed by atoms with E-state index in [4.69, 9.17) is 4.74 Å². The van der Waals surface area contributed by atoms with Gasteiger partial charge >= 0.3 is 0 Å². The second kappa shape index (κ2) is 8.23. The molecule has 114 valence electrons. The number of hydrogen-bond acceptors (Lipinski definition) is 3. The first-order chi connectivity index (χ1) is 8.92. The number of nitrogens with zero attached hydrogens (tertiary/aromatic N) is 1. The molecule has 0 aromatic heterocycles. The lowest BCUT2D eigenvalue weighted by molar-refractivity contribution is 0.0601. The van der Waals surface area contributed by atoms with Crippen molar-refractivity contribution in [1.82, 2.24) is 10.2 Å². The highest BCUT2D eigenvalue weighted by Gasteiger charge is 2.21. The third-order valence-corrected chi connectivity index (χ3v) is 3.95. The van der Waals surface area contributed by atoms with Gasteiger partial charge in [0.05, 0.1) is 6.10 Å². The predicted molar refractivity (Wildman–Crippen MR) is 82.7 cm³/mol. The van der Waals surface area contributed by atoms with Gasteiger partial charge in [-0.1, -0.05) is 6.92 Å². The van der Waals surface area contributed by atoms with Crippen molar-refractivity contribution in [1.29, 1.82) is 0 Å². The van der Waals surface area contributed by atoms with Crippen LogP contribution in [-0.2, 0) is 4.74 Å². The van der Waals surface area contributed by atoms with Crippen LogP contribution >= 0.6 is 0 Å². The molecule has 1 N–H and O–H groups in total. The molecule has 0 bridgehead atoms. The molecule has 0 amide bonds. The number of likely N-dealkylation sites (N-methyl/N-ethyl adjacent to an activating group) is 1. The number of rotatable bonds is 8. The van der Waals surface area contributed by atoms with Crippen LogP contribution in [0.4, 0.5) is 0 Å². The molecule has 2 atom stereocenters. The summed E-state index contributed by atoms with van der Waals surface area (Å²) in [6.45, 7) is 15.6. The molecular weight excluding hydrogens is 236 g/mol. The zero-order valence-electron chi connectivity index (χ0n) is 13.7. The lowest BCUT2D eigenvalue weighted by Crippen LogP contribution is -2.40. The van der Waals surface area contributed by atoms with Gasteiger partial charge in [0.15, 0.2) is 0 Å². The molecule has 3 heteroatoms. The van der Waals surface area contributed by atoms with Crippen LogP contribution < -0.4 is 5.32 Å². The maximum absolute atomic E-state index is 5.75. The average molecular weight is 270 g/mol. The van der Waals surface area contributed by atoms with E-state index < -0.39 is 0 Å². The first-order valence-corrected chi connectivity index (χ1v) is 8.03. The fourth-order valence-electron chi connectivity index (χ4n) is 2.71. The highest BCUT2D eigenvalue weighted by Crippen LogP contribution is 2.16. The summed E-state index contributed by atoms with van der Waals surface area (Å²) in [4.78, 5) is 2.58. The minimum absolute atomic E-state index is 0.241. The van der Waals surface area contributed by atoms with Crippen LogP contribution in [0.15, 0.2) is 0 Å². The van der Waals surface area contributed by atoms with Crippen molar-refractivity contribution in [3.05, 3.63) is 0 Å². The van der Waals surface area contributed by atoms with E-state index in [1.807, 2.05) is 0 Å². The Morgan fingerprint density at radius 1 is 1.37 bits per heavy atom. The molecule has 0 aromatic carbocycles. The van der Waals surface area contributed by atoms with Gasteiger partial charge in [0.2, 0.25) is 0 Å². The third kappa shape index (κ3) is 7.28. The van der Waals surface area contributed by atoms with E-state index in [9.17, 15) is 0 Å². The van der Waals surface area contributed by atoms with Crippen LogP contribution in [0.5, 0.6) is 0 Å². The topological polar surface area (TPSA) is 24.5 Å². The van der Waals surface area contributed by atoms with Crippen molar-refractivity contribution >= 4 is 0 Å². The van der Waals surface area contributed by atoms with Crippen LogP contribution in [-0.4, -0.2) is 48.8 Å². The van der Waals surface area contributed by atoms with Crippen molar-refractivity contribution < 1.29 is 4.74 Å². The summed E-state index contributed by atoms with van der Waals surface area (Å²) >= 11 is 0. The van der Waals surface area contributed by atoms with Crippen molar-refractivity contribution in [2.45, 2.75) is 78.0 Å². The minimum Gasteiger partial charge on any atom is -0.377 e. The van der Waals surface area contributed by atoms with E-state index in [1.54, 1.807) is 0 Å². The van der Waals surface area contributed by atoms with Crippen molar-refractivity contribution in [2.75, 3.05) is 26.2 Å². The molecule has 1 rings (SSSR count). The van der Waals surface area contributed by atoms with Crippen molar-refractivity contribution in [3.63, 3.8) is 0 Å². The maximum Gasteiger partial charge on any atom is 0.0702 e. The van der Waals surface area contributed by atoms with E-state index in [1.165, 1.54) is 25.7 Å². The summed E-state index contributed by atoms with van der Waals surface area (Å²) in [5, 5.41) is 3.56. The lowest BCUT2D eigenvalue weighted by Gasteiger charge is -2.30. The summed E-state index contributed by atoms with van der Waals surface area (Å²) in [6.07, 6.45) is 5.49.